The summed E-state index contributed by atoms with van der Waals surface area (Å²) in [4.78, 5) is 14.7. The molecule has 1 N–H and O–H groups in total. The first-order chi connectivity index (χ1) is 7.40. The summed E-state index contributed by atoms with van der Waals surface area (Å²) in [5.41, 5.74) is 1.48. The highest BCUT2D eigenvalue weighted by Gasteiger charge is 2.14. The zero-order valence-corrected chi connectivity index (χ0v) is 8.48. The quantitative estimate of drug-likeness (QED) is 0.761. The van der Waals surface area contributed by atoms with E-state index in [1.807, 2.05) is 6.07 Å². The van der Waals surface area contributed by atoms with Crippen LogP contribution < -0.4 is 5.32 Å². The molecule has 0 radical (unpaired) electrons. The average molecular weight is 206 g/mol. The minimum absolute atomic E-state index is 0.403. The molecule has 0 unspecified atom stereocenters. The molecule has 1 saturated heterocycles. The van der Waals surface area contributed by atoms with E-state index in [1.165, 1.54) is 0 Å². The lowest BCUT2D eigenvalue weighted by molar-refractivity contribution is 0.0904. The van der Waals surface area contributed by atoms with Crippen LogP contribution in [0.1, 0.15) is 23.2 Å². The lowest BCUT2D eigenvalue weighted by atomic mass is 10.1. The lowest BCUT2D eigenvalue weighted by Gasteiger charge is -2.24. The molecule has 2 heterocycles. The van der Waals surface area contributed by atoms with Gasteiger partial charge in [0, 0.05) is 37.3 Å². The number of hydrogen-bond donors (Lipinski definition) is 1. The summed E-state index contributed by atoms with van der Waals surface area (Å²) in [6, 6.07) is 2.24. The van der Waals surface area contributed by atoms with Crippen LogP contribution in [0.2, 0.25) is 0 Å². The van der Waals surface area contributed by atoms with E-state index < -0.39 is 0 Å². The summed E-state index contributed by atoms with van der Waals surface area (Å²) in [7, 11) is 0. The van der Waals surface area contributed by atoms with Crippen LogP contribution >= 0.6 is 0 Å². The fourth-order valence-electron chi connectivity index (χ4n) is 1.69. The van der Waals surface area contributed by atoms with Crippen molar-refractivity contribution in [3.8, 4) is 0 Å². The summed E-state index contributed by atoms with van der Waals surface area (Å²) in [5.74, 6) is 0. The van der Waals surface area contributed by atoms with Gasteiger partial charge < -0.3 is 10.1 Å². The van der Waals surface area contributed by atoms with Crippen molar-refractivity contribution < 1.29 is 9.53 Å². The third kappa shape index (κ3) is 2.53. The molecule has 1 aromatic heterocycles. The van der Waals surface area contributed by atoms with Gasteiger partial charge in [0.15, 0.2) is 6.29 Å². The van der Waals surface area contributed by atoms with Gasteiger partial charge in [0.05, 0.1) is 5.56 Å². The second-order valence-corrected chi connectivity index (χ2v) is 3.61. The van der Waals surface area contributed by atoms with E-state index in [0.29, 0.717) is 11.6 Å². The normalized spacial score (nSPS) is 17.3. The van der Waals surface area contributed by atoms with Crippen LogP contribution in [0.15, 0.2) is 18.5 Å². The molecule has 4 heteroatoms. The van der Waals surface area contributed by atoms with Gasteiger partial charge in [0.2, 0.25) is 0 Å². The molecule has 1 fully saturated rings. The summed E-state index contributed by atoms with van der Waals surface area (Å²) in [5, 5.41) is 3.35. The molecule has 0 spiro atoms. The number of ether oxygens (including phenoxy) is 1. The van der Waals surface area contributed by atoms with Crippen LogP contribution in [0.5, 0.6) is 0 Å². The second-order valence-electron chi connectivity index (χ2n) is 3.61. The first-order valence-electron chi connectivity index (χ1n) is 5.13. The number of nitrogens with one attached hydrogen (secondary N) is 1. The first-order valence-corrected chi connectivity index (χ1v) is 5.13. The van der Waals surface area contributed by atoms with E-state index in [-0.39, 0.29) is 0 Å². The summed E-state index contributed by atoms with van der Waals surface area (Å²) < 4.78 is 5.27. The number of aldehydes is 1. The average Bonchev–Trinajstić information content (AvgIpc) is 2.31. The van der Waals surface area contributed by atoms with Crippen molar-refractivity contribution in [1.82, 2.24) is 4.98 Å². The number of anilines is 1. The molecule has 15 heavy (non-hydrogen) atoms. The van der Waals surface area contributed by atoms with Crippen molar-refractivity contribution in [2.24, 2.45) is 0 Å². The maximum atomic E-state index is 10.8. The molecule has 0 amide bonds. The number of nitrogens with zero attached hydrogens (tertiary/aromatic N) is 1. The molecule has 1 aliphatic heterocycles. The molecule has 0 saturated carbocycles. The molecule has 2 rings (SSSR count). The van der Waals surface area contributed by atoms with E-state index in [4.69, 9.17) is 4.74 Å². The highest BCUT2D eigenvalue weighted by atomic mass is 16.5. The highest BCUT2D eigenvalue weighted by molar-refractivity contribution is 5.83. The van der Waals surface area contributed by atoms with Crippen LogP contribution in [-0.4, -0.2) is 30.5 Å². The van der Waals surface area contributed by atoms with Crippen LogP contribution in [0.3, 0.4) is 0 Å². The van der Waals surface area contributed by atoms with Crippen molar-refractivity contribution in [3.63, 3.8) is 0 Å². The van der Waals surface area contributed by atoms with Crippen molar-refractivity contribution in [2.45, 2.75) is 18.9 Å². The van der Waals surface area contributed by atoms with Gasteiger partial charge in [-0.2, -0.15) is 0 Å². The maximum Gasteiger partial charge on any atom is 0.153 e. The number of carbonyl (C=O) groups excluding carboxylic acids is 1. The molecule has 0 aromatic carbocycles. The Morgan fingerprint density at radius 3 is 3.00 bits per heavy atom. The first kappa shape index (κ1) is 10.1. The van der Waals surface area contributed by atoms with E-state index in [9.17, 15) is 4.79 Å². The molecule has 80 valence electrons. The molecule has 4 nitrogen and oxygen atoms in total. The maximum absolute atomic E-state index is 10.8. The largest absolute Gasteiger partial charge is 0.381 e. The Balaban J connectivity index is 2.05. The molecule has 1 aliphatic rings. The van der Waals surface area contributed by atoms with E-state index in [0.717, 1.165) is 38.0 Å². The van der Waals surface area contributed by atoms with Gasteiger partial charge >= 0.3 is 0 Å². The van der Waals surface area contributed by atoms with Gasteiger partial charge in [-0.3, -0.25) is 9.78 Å². The third-order valence-corrected chi connectivity index (χ3v) is 2.56. The predicted octanol–water partition coefficient (Wildman–Crippen LogP) is 1.48. The minimum Gasteiger partial charge on any atom is -0.381 e. The Bertz CT molecular complexity index is 335. The number of hydrogen-bond acceptors (Lipinski definition) is 4. The van der Waals surface area contributed by atoms with Gasteiger partial charge in [-0.1, -0.05) is 0 Å². The van der Waals surface area contributed by atoms with Crippen LogP contribution in [0.4, 0.5) is 5.69 Å². The zero-order valence-electron chi connectivity index (χ0n) is 8.48. The minimum atomic E-state index is 0.403. The fraction of sp³-hybridized carbons (Fsp3) is 0.455. The van der Waals surface area contributed by atoms with Crippen LogP contribution in [0.25, 0.3) is 0 Å². The summed E-state index contributed by atoms with van der Waals surface area (Å²) >= 11 is 0. The topological polar surface area (TPSA) is 51.2 Å². The monoisotopic (exact) mass is 206 g/mol. The van der Waals surface area contributed by atoms with Gasteiger partial charge in [-0.25, -0.2) is 0 Å². The van der Waals surface area contributed by atoms with E-state index in [1.54, 1.807) is 12.4 Å². The van der Waals surface area contributed by atoms with Crippen molar-refractivity contribution in [1.29, 1.82) is 0 Å². The Hall–Kier alpha value is -1.42. The van der Waals surface area contributed by atoms with Crippen LogP contribution in [0, 0.1) is 0 Å². The fourth-order valence-corrected chi connectivity index (χ4v) is 1.69. The third-order valence-electron chi connectivity index (χ3n) is 2.56. The lowest BCUT2D eigenvalue weighted by Crippen LogP contribution is -2.28. The van der Waals surface area contributed by atoms with Gasteiger partial charge in [0.1, 0.15) is 0 Å². The zero-order chi connectivity index (χ0) is 10.5. The summed E-state index contributed by atoms with van der Waals surface area (Å²) in [6.07, 6.45) is 6.07. The number of pyridine rings is 1. The van der Waals surface area contributed by atoms with Crippen molar-refractivity contribution in [3.05, 3.63) is 24.0 Å². The Kier molecular flexibility index (Phi) is 3.29. The second kappa shape index (κ2) is 4.89. The number of carbonyl (C=O) groups is 1. The Morgan fingerprint density at radius 1 is 1.47 bits per heavy atom. The molecule has 0 bridgehead atoms. The SMILES string of the molecule is O=Cc1cnccc1NC1CCOCC1. The molecule has 1 aromatic rings. The van der Waals surface area contributed by atoms with E-state index in [2.05, 4.69) is 10.3 Å². The number of rotatable bonds is 3. The molecule has 0 aliphatic carbocycles. The standard InChI is InChI=1S/C11H14N2O2/c14-8-9-7-12-4-1-11(9)13-10-2-5-15-6-3-10/h1,4,7-8,10H,2-3,5-6H2,(H,12,13). The van der Waals surface area contributed by atoms with E-state index >= 15 is 0 Å². The molecular formula is C11H14N2O2. The van der Waals surface area contributed by atoms with Crippen LogP contribution in [-0.2, 0) is 4.74 Å². The van der Waals surface area contributed by atoms with Gasteiger partial charge in [-0.05, 0) is 18.9 Å². The summed E-state index contributed by atoms with van der Waals surface area (Å²) in [6.45, 7) is 1.58. The van der Waals surface area contributed by atoms with Crippen molar-refractivity contribution >= 4 is 12.0 Å². The smallest absolute Gasteiger partial charge is 0.153 e. The Morgan fingerprint density at radius 2 is 2.27 bits per heavy atom. The van der Waals surface area contributed by atoms with Gasteiger partial charge in [0.25, 0.3) is 0 Å². The predicted molar refractivity (Wildman–Crippen MR) is 57.1 cm³/mol. The number of aromatic nitrogens is 1. The Labute approximate surface area is 88.7 Å². The molecule has 0 atom stereocenters. The highest BCUT2D eigenvalue weighted by Crippen LogP contribution is 2.17. The molecular weight excluding hydrogens is 192 g/mol. The van der Waals surface area contributed by atoms with Crippen molar-refractivity contribution in [2.75, 3.05) is 18.5 Å². The van der Waals surface area contributed by atoms with Gasteiger partial charge in [-0.15, -0.1) is 0 Å².